The van der Waals surface area contributed by atoms with Gasteiger partial charge in [0, 0.05) is 19.3 Å². The van der Waals surface area contributed by atoms with E-state index in [1.54, 1.807) is 0 Å². The van der Waals surface area contributed by atoms with E-state index in [4.69, 9.17) is 14.2 Å². The largest absolute Gasteiger partial charge is 0.462 e. The van der Waals surface area contributed by atoms with Crippen molar-refractivity contribution in [2.24, 2.45) is 11.8 Å². The third-order valence-electron chi connectivity index (χ3n) is 13.3. The Bertz CT molecular complexity index is 964. The van der Waals surface area contributed by atoms with Crippen molar-refractivity contribution in [3.8, 4) is 0 Å². The normalized spacial score (nSPS) is 12.5. The molecule has 0 aliphatic rings. The Morgan fingerprint density at radius 2 is 0.603 bits per heavy atom. The average molecular weight is 892 g/mol. The highest BCUT2D eigenvalue weighted by Gasteiger charge is 2.19. The molecule has 0 radical (unpaired) electrons. The Hall–Kier alpha value is -1.59. The number of hydrogen-bond donors (Lipinski definition) is 0. The van der Waals surface area contributed by atoms with Crippen molar-refractivity contribution in [2.75, 3.05) is 13.2 Å². The number of carbonyl (C=O) groups is 3. The van der Waals surface area contributed by atoms with Gasteiger partial charge in [0.15, 0.2) is 6.10 Å². The lowest BCUT2D eigenvalue weighted by atomic mass is 9.99. The molecule has 2 atom stereocenters. The summed E-state index contributed by atoms with van der Waals surface area (Å²) in [6.07, 6.45) is 52.2. The lowest BCUT2D eigenvalue weighted by Crippen LogP contribution is -2.30. The Balaban J connectivity index is 4.27. The molecule has 63 heavy (non-hydrogen) atoms. The van der Waals surface area contributed by atoms with E-state index in [0.717, 1.165) is 69.6 Å². The molecule has 0 aliphatic heterocycles. The summed E-state index contributed by atoms with van der Waals surface area (Å²) in [6.45, 7) is 11.4. The van der Waals surface area contributed by atoms with Crippen molar-refractivity contribution >= 4 is 17.9 Å². The van der Waals surface area contributed by atoms with E-state index in [-0.39, 0.29) is 31.1 Å². The van der Waals surface area contributed by atoms with E-state index in [9.17, 15) is 14.4 Å². The van der Waals surface area contributed by atoms with Crippen LogP contribution >= 0.6 is 0 Å². The van der Waals surface area contributed by atoms with Gasteiger partial charge < -0.3 is 14.2 Å². The first-order chi connectivity index (χ1) is 30.8. The van der Waals surface area contributed by atoms with Gasteiger partial charge in [-0.05, 0) is 31.1 Å². The van der Waals surface area contributed by atoms with E-state index >= 15 is 0 Å². The summed E-state index contributed by atoms with van der Waals surface area (Å²) < 4.78 is 16.9. The first kappa shape index (κ1) is 61.4. The lowest BCUT2D eigenvalue weighted by molar-refractivity contribution is -0.167. The predicted octanol–water partition coefficient (Wildman–Crippen LogP) is 18.5. The van der Waals surface area contributed by atoms with Gasteiger partial charge in [0.2, 0.25) is 0 Å². The highest BCUT2D eigenvalue weighted by Crippen LogP contribution is 2.18. The monoisotopic (exact) mass is 891 g/mol. The first-order valence-corrected chi connectivity index (χ1v) is 28.3. The van der Waals surface area contributed by atoms with Gasteiger partial charge in [-0.2, -0.15) is 0 Å². The second-order valence-electron chi connectivity index (χ2n) is 20.3. The molecule has 6 nitrogen and oxygen atoms in total. The molecular formula is C57H110O6. The minimum absolute atomic E-state index is 0.0628. The third-order valence-corrected chi connectivity index (χ3v) is 13.3. The van der Waals surface area contributed by atoms with Crippen LogP contribution in [0, 0.1) is 11.8 Å². The molecule has 0 N–H and O–H groups in total. The Morgan fingerprint density at radius 3 is 0.905 bits per heavy atom. The van der Waals surface area contributed by atoms with Crippen LogP contribution in [0.4, 0.5) is 0 Å². The predicted molar refractivity (Wildman–Crippen MR) is 270 cm³/mol. The number of esters is 3. The van der Waals surface area contributed by atoms with Gasteiger partial charge >= 0.3 is 17.9 Å². The summed E-state index contributed by atoms with van der Waals surface area (Å²) >= 11 is 0. The zero-order chi connectivity index (χ0) is 46.1. The minimum Gasteiger partial charge on any atom is -0.462 e. The van der Waals surface area contributed by atoms with E-state index in [1.807, 2.05) is 0 Å². The highest BCUT2D eigenvalue weighted by molar-refractivity contribution is 5.71. The van der Waals surface area contributed by atoms with E-state index in [2.05, 4.69) is 34.6 Å². The van der Waals surface area contributed by atoms with Crippen molar-refractivity contribution in [1.82, 2.24) is 0 Å². The minimum atomic E-state index is -0.762. The fraction of sp³-hybridized carbons (Fsp3) is 0.947. The summed E-state index contributed by atoms with van der Waals surface area (Å²) in [5, 5.41) is 0. The first-order valence-electron chi connectivity index (χ1n) is 28.3. The van der Waals surface area contributed by atoms with Crippen molar-refractivity contribution < 1.29 is 28.6 Å². The molecule has 0 fully saturated rings. The molecule has 0 saturated heterocycles. The fourth-order valence-corrected chi connectivity index (χ4v) is 8.66. The zero-order valence-corrected chi connectivity index (χ0v) is 43.2. The van der Waals surface area contributed by atoms with Crippen LogP contribution in [0.5, 0.6) is 0 Å². The molecule has 0 aromatic carbocycles. The van der Waals surface area contributed by atoms with Crippen LogP contribution in [0.3, 0.4) is 0 Å². The molecule has 0 spiro atoms. The van der Waals surface area contributed by atoms with Crippen LogP contribution in [0.1, 0.15) is 317 Å². The van der Waals surface area contributed by atoms with Crippen LogP contribution in [0.2, 0.25) is 0 Å². The van der Waals surface area contributed by atoms with E-state index in [0.29, 0.717) is 19.3 Å². The Labute approximate surface area is 393 Å². The summed E-state index contributed by atoms with van der Waals surface area (Å²) in [5.74, 6) is 0.888. The van der Waals surface area contributed by atoms with E-state index in [1.165, 1.54) is 205 Å². The fourth-order valence-electron chi connectivity index (χ4n) is 8.66. The summed E-state index contributed by atoms with van der Waals surface area (Å²) in [5.41, 5.74) is 0. The molecule has 1 unspecified atom stereocenters. The standard InChI is InChI=1S/C57H110O6/c1-6-8-9-10-11-12-13-22-29-34-39-44-49-57(60)63-54(51-62-56(59)48-43-38-33-28-24-19-18-20-25-30-35-40-45-52(3)4)50-61-55(58)47-42-37-32-27-23-17-15-14-16-21-26-31-36-41-46-53(5)7-2/h52-54H,6-51H2,1-5H3/t53?,54-/m0/s1. The maximum absolute atomic E-state index is 12.8. The summed E-state index contributed by atoms with van der Waals surface area (Å²) in [4.78, 5) is 38.1. The number of rotatable bonds is 51. The second-order valence-corrected chi connectivity index (χ2v) is 20.3. The SMILES string of the molecule is CCCCCCCCCCCCCCC(=O)O[C@@H](COC(=O)CCCCCCCCCCCCCCCCC(C)CC)COC(=O)CCCCCCCCCCCCCCC(C)C. The highest BCUT2D eigenvalue weighted by atomic mass is 16.6. The van der Waals surface area contributed by atoms with Crippen LogP contribution in [-0.2, 0) is 28.6 Å². The molecule has 0 saturated carbocycles. The summed E-state index contributed by atoms with van der Waals surface area (Å²) in [6, 6.07) is 0. The average Bonchev–Trinajstić information content (AvgIpc) is 3.27. The van der Waals surface area contributed by atoms with Gasteiger partial charge in [0.25, 0.3) is 0 Å². The Morgan fingerprint density at radius 1 is 0.333 bits per heavy atom. The molecule has 0 rings (SSSR count). The Kier molecular flexibility index (Phi) is 48.6. The molecule has 0 heterocycles. The number of hydrogen-bond acceptors (Lipinski definition) is 6. The van der Waals surface area contributed by atoms with Crippen LogP contribution < -0.4 is 0 Å². The van der Waals surface area contributed by atoms with Gasteiger partial charge in [0.1, 0.15) is 13.2 Å². The maximum Gasteiger partial charge on any atom is 0.306 e. The van der Waals surface area contributed by atoms with Crippen molar-refractivity contribution in [1.29, 1.82) is 0 Å². The molecule has 0 bridgehead atoms. The molecule has 0 aromatic rings. The van der Waals surface area contributed by atoms with Crippen LogP contribution in [0.15, 0.2) is 0 Å². The van der Waals surface area contributed by atoms with Gasteiger partial charge in [-0.25, -0.2) is 0 Å². The third kappa shape index (κ3) is 49.7. The van der Waals surface area contributed by atoms with Gasteiger partial charge in [-0.3, -0.25) is 14.4 Å². The van der Waals surface area contributed by atoms with Crippen molar-refractivity contribution in [3.63, 3.8) is 0 Å². The van der Waals surface area contributed by atoms with Crippen LogP contribution in [0.25, 0.3) is 0 Å². The molecule has 0 amide bonds. The number of carbonyl (C=O) groups excluding carboxylic acids is 3. The van der Waals surface area contributed by atoms with E-state index < -0.39 is 6.10 Å². The molecule has 0 aromatic heterocycles. The molecule has 0 aliphatic carbocycles. The molecule has 6 heteroatoms. The van der Waals surface area contributed by atoms with Gasteiger partial charge in [-0.1, -0.05) is 279 Å². The molecular weight excluding hydrogens is 781 g/mol. The number of ether oxygens (including phenoxy) is 3. The smallest absolute Gasteiger partial charge is 0.306 e. The van der Waals surface area contributed by atoms with Crippen LogP contribution in [-0.4, -0.2) is 37.2 Å². The second kappa shape index (κ2) is 49.8. The topological polar surface area (TPSA) is 78.9 Å². The summed E-state index contributed by atoms with van der Waals surface area (Å²) in [7, 11) is 0. The zero-order valence-electron chi connectivity index (χ0n) is 43.2. The quantitative estimate of drug-likeness (QED) is 0.0344. The van der Waals surface area contributed by atoms with Gasteiger partial charge in [-0.15, -0.1) is 0 Å². The lowest BCUT2D eigenvalue weighted by Gasteiger charge is -2.18. The number of unbranched alkanes of at least 4 members (excludes halogenated alkanes) is 35. The van der Waals surface area contributed by atoms with Crippen molar-refractivity contribution in [3.05, 3.63) is 0 Å². The molecule has 374 valence electrons. The maximum atomic E-state index is 12.8. The van der Waals surface area contributed by atoms with Crippen molar-refractivity contribution in [2.45, 2.75) is 323 Å². The van der Waals surface area contributed by atoms with Gasteiger partial charge in [0.05, 0.1) is 0 Å².